The number of non-ortho nitro benzene ring substituents is 1. The normalized spacial score (nSPS) is 16.2. The van der Waals surface area contributed by atoms with Crippen LogP contribution in [0.1, 0.15) is 11.3 Å². The Morgan fingerprint density at radius 3 is 2.58 bits per heavy atom. The second kappa shape index (κ2) is 6.28. The Morgan fingerprint density at radius 1 is 1.19 bits per heavy atom. The molecule has 1 aromatic carbocycles. The van der Waals surface area contributed by atoms with E-state index in [0.717, 1.165) is 4.90 Å². The molecule has 1 aliphatic rings. The van der Waals surface area contributed by atoms with Crippen molar-refractivity contribution in [3.8, 4) is 11.3 Å². The van der Waals surface area contributed by atoms with Gasteiger partial charge in [-0.05, 0) is 36.8 Å². The molecule has 9 nitrogen and oxygen atoms in total. The summed E-state index contributed by atoms with van der Waals surface area (Å²) in [6.45, 7) is 1.71. The molecule has 0 saturated carbocycles. The predicted octanol–water partition coefficient (Wildman–Crippen LogP) is 2.25. The van der Waals surface area contributed by atoms with Gasteiger partial charge in [-0.15, -0.1) is 0 Å². The first-order valence-electron chi connectivity index (χ1n) is 7.48. The lowest BCUT2D eigenvalue weighted by Gasteiger charge is -2.21. The lowest BCUT2D eigenvalue weighted by Crippen LogP contribution is -2.52. The van der Waals surface area contributed by atoms with Gasteiger partial charge in [-0.3, -0.25) is 29.9 Å². The number of nitro groups is 1. The van der Waals surface area contributed by atoms with Gasteiger partial charge in [0.1, 0.15) is 17.1 Å². The number of benzene rings is 1. The number of barbiturate groups is 1. The van der Waals surface area contributed by atoms with E-state index in [9.17, 15) is 24.5 Å². The number of urea groups is 1. The molecule has 1 aromatic heterocycles. The number of imide groups is 2. The van der Waals surface area contributed by atoms with Crippen molar-refractivity contribution < 1.29 is 23.7 Å². The zero-order chi connectivity index (χ0) is 19.0. The monoisotopic (exact) mass is 355 g/mol. The molecule has 3 rings (SSSR count). The molecule has 0 radical (unpaired) electrons. The van der Waals surface area contributed by atoms with Gasteiger partial charge in [0, 0.05) is 24.7 Å². The van der Waals surface area contributed by atoms with Crippen LogP contribution < -0.4 is 5.32 Å². The van der Waals surface area contributed by atoms with Crippen molar-refractivity contribution in [2.75, 3.05) is 7.05 Å². The Bertz CT molecular complexity index is 988. The van der Waals surface area contributed by atoms with E-state index < -0.39 is 22.8 Å². The molecule has 1 saturated heterocycles. The number of carbonyl (C=O) groups excluding carboxylic acids is 3. The summed E-state index contributed by atoms with van der Waals surface area (Å²) in [6, 6.07) is 6.74. The van der Waals surface area contributed by atoms with Crippen molar-refractivity contribution >= 4 is 29.6 Å². The van der Waals surface area contributed by atoms with E-state index in [1.165, 1.54) is 25.3 Å². The average molecular weight is 355 g/mol. The highest BCUT2D eigenvalue weighted by molar-refractivity contribution is 6.30. The quantitative estimate of drug-likeness (QED) is 0.390. The number of amides is 4. The topological polar surface area (TPSA) is 123 Å². The molecular formula is C17H13N3O6. The summed E-state index contributed by atoms with van der Waals surface area (Å²) in [4.78, 5) is 46.4. The Hall–Kier alpha value is -3.75. The Morgan fingerprint density at radius 2 is 1.92 bits per heavy atom. The number of rotatable bonds is 3. The number of aryl methyl sites for hydroxylation is 1. The van der Waals surface area contributed by atoms with Crippen LogP contribution in [0.5, 0.6) is 0 Å². The summed E-state index contributed by atoms with van der Waals surface area (Å²) in [5.74, 6) is -0.873. The van der Waals surface area contributed by atoms with E-state index >= 15 is 0 Å². The minimum absolute atomic E-state index is 0.0303. The smallest absolute Gasteiger partial charge is 0.331 e. The fourth-order valence-corrected chi connectivity index (χ4v) is 2.50. The second-order valence-electron chi connectivity index (χ2n) is 5.64. The standard InChI is InChI=1S/C17H13N3O6/c1-9-7-10(20(24)25)3-5-12(9)14-6-4-11(26-14)8-13-15(21)18-17(23)19(2)16(13)22/h3-8H,1-2H3,(H,18,21,23)/b13-8-. The van der Waals surface area contributed by atoms with E-state index in [2.05, 4.69) is 0 Å². The third-order valence-electron chi connectivity index (χ3n) is 3.90. The number of hydrogen-bond donors (Lipinski definition) is 1. The zero-order valence-corrected chi connectivity index (χ0v) is 13.8. The molecule has 1 aliphatic heterocycles. The van der Waals surface area contributed by atoms with Crippen LogP contribution in [-0.2, 0) is 9.59 Å². The van der Waals surface area contributed by atoms with E-state index in [1.807, 2.05) is 5.32 Å². The Balaban J connectivity index is 1.93. The van der Waals surface area contributed by atoms with Gasteiger partial charge in [-0.25, -0.2) is 4.79 Å². The molecular weight excluding hydrogens is 342 g/mol. The number of likely N-dealkylation sites (N-methyl/N-ethyl adjacent to an activating group) is 1. The maximum absolute atomic E-state index is 12.1. The highest BCUT2D eigenvalue weighted by Gasteiger charge is 2.33. The van der Waals surface area contributed by atoms with E-state index in [4.69, 9.17) is 4.42 Å². The van der Waals surface area contributed by atoms with Gasteiger partial charge in [0.15, 0.2) is 0 Å². The third-order valence-corrected chi connectivity index (χ3v) is 3.90. The molecule has 26 heavy (non-hydrogen) atoms. The molecule has 0 aliphatic carbocycles. The summed E-state index contributed by atoms with van der Waals surface area (Å²) in [7, 11) is 1.26. The van der Waals surface area contributed by atoms with E-state index in [0.29, 0.717) is 16.9 Å². The lowest BCUT2D eigenvalue weighted by molar-refractivity contribution is -0.384. The van der Waals surface area contributed by atoms with Crippen LogP contribution >= 0.6 is 0 Å². The number of furan rings is 1. The molecule has 0 bridgehead atoms. The minimum Gasteiger partial charge on any atom is -0.457 e. The molecule has 9 heteroatoms. The minimum atomic E-state index is -0.803. The SMILES string of the molecule is Cc1cc([N+](=O)[O-])ccc1-c1ccc(/C=C2/C(=O)NC(=O)N(C)C2=O)o1. The first-order chi connectivity index (χ1) is 12.3. The van der Waals surface area contributed by atoms with Gasteiger partial charge in [-0.1, -0.05) is 0 Å². The van der Waals surface area contributed by atoms with Gasteiger partial charge in [0.25, 0.3) is 17.5 Å². The maximum Gasteiger partial charge on any atom is 0.331 e. The lowest BCUT2D eigenvalue weighted by atomic mass is 10.1. The van der Waals surface area contributed by atoms with Gasteiger partial charge in [-0.2, -0.15) is 0 Å². The second-order valence-corrected chi connectivity index (χ2v) is 5.64. The van der Waals surface area contributed by atoms with Crippen molar-refractivity contribution in [2.45, 2.75) is 6.92 Å². The van der Waals surface area contributed by atoms with E-state index in [1.54, 1.807) is 25.1 Å². The number of carbonyl (C=O) groups is 3. The number of hydrogen-bond acceptors (Lipinski definition) is 6. The highest BCUT2D eigenvalue weighted by Crippen LogP contribution is 2.29. The number of nitrogens with zero attached hydrogens (tertiary/aromatic N) is 2. The summed E-state index contributed by atoms with van der Waals surface area (Å²) in [5.41, 5.74) is 1.03. The Labute approximate surface area is 147 Å². The van der Waals surface area contributed by atoms with Gasteiger partial charge >= 0.3 is 6.03 Å². The third kappa shape index (κ3) is 2.97. The maximum atomic E-state index is 12.1. The molecule has 0 spiro atoms. The molecule has 2 heterocycles. The fraction of sp³-hybridized carbons (Fsp3) is 0.118. The Kier molecular flexibility index (Phi) is 4.13. The van der Waals surface area contributed by atoms with Crippen LogP contribution in [0.2, 0.25) is 0 Å². The van der Waals surface area contributed by atoms with Gasteiger partial charge in [0.2, 0.25) is 0 Å². The van der Waals surface area contributed by atoms with Crippen LogP contribution in [0, 0.1) is 17.0 Å². The molecule has 1 fully saturated rings. The van der Waals surface area contributed by atoms with Crippen LogP contribution in [0.15, 0.2) is 40.3 Å². The van der Waals surface area contributed by atoms with Crippen LogP contribution in [0.4, 0.5) is 10.5 Å². The van der Waals surface area contributed by atoms with Gasteiger partial charge < -0.3 is 4.42 Å². The molecule has 4 amide bonds. The molecule has 1 N–H and O–H groups in total. The molecule has 2 aromatic rings. The molecule has 132 valence electrons. The van der Waals surface area contributed by atoms with Crippen LogP contribution in [0.25, 0.3) is 17.4 Å². The van der Waals surface area contributed by atoms with Crippen molar-refractivity contribution in [2.24, 2.45) is 0 Å². The summed E-state index contributed by atoms with van der Waals surface area (Å²) in [6.07, 6.45) is 1.24. The fourth-order valence-electron chi connectivity index (χ4n) is 2.50. The average Bonchev–Trinajstić information content (AvgIpc) is 3.05. The van der Waals surface area contributed by atoms with Crippen molar-refractivity contribution in [1.82, 2.24) is 10.2 Å². The van der Waals surface area contributed by atoms with E-state index in [-0.39, 0.29) is 17.0 Å². The predicted molar refractivity (Wildman–Crippen MR) is 89.8 cm³/mol. The molecule has 0 atom stereocenters. The van der Waals surface area contributed by atoms with Crippen molar-refractivity contribution in [3.05, 3.63) is 57.3 Å². The van der Waals surface area contributed by atoms with Crippen LogP contribution in [-0.4, -0.2) is 34.7 Å². The first kappa shape index (κ1) is 17.1. The van der Waals surface area contributed by atoms with Crippen molar-refractivity contribution in [1.29, 1.82) is 0 Å². The zero-order valence-electron chi connectivity index (χ0n) is 13.8. The number of nitro benzene ring substituents is 1. The molecule has 0 unspecified atom stereocenters. The summed E-state index contributed by atoms with van der Waals surface area (Å²) >= 11 is 0. The van der Waals surface area contributed by atoms with Crippen LogP contribution in [0.3, 0.4) is 0 Å². The van der Waals surface area contributed by atoms with Crippen molar-refractivity contribution in [3.63, 3.8) is 0 Å². The number of nitrogens with one attached hydrogen (secondary N) is 1. The first-order valence-corrected chi connectivity index (χ1v) is 7.48. The van der Waals surface area contributed by atoms with Gasteiger partial charge in [0.05, 0.1) is 4.92 Å². The highest BCUT2D eigenvalue weighted by atomic mass is 16.6. The summed E-state index contributed by atoms with van der Waals surface area (Å²) in [5, 5.41) is 12.9. The largest absolute Gasteiger partial charge is 0.457 e. The summed E-state index contributed by atoms with van der Waals surface area (Å²) < 4.78 is 5.63.